The molecule has 0 N–H and O–H groups in total. The Balaban J connectivity index is 1.58. The third-order valence-corrected chi connectivity index (χ3v) is 8.26. The van der Waals surface area contributed by atoms with Crippen molar-refractivity contribution in [3.05, 3.63) is 29.8 Å². The van der Waals surface area contributed by atoms with Crippen LogP contribution in [0.4, 0.5) is 0 Å². The van der Waals surface area contributed by atoms with E-state index in [1.54, 1.807) is 0 Å². The molecule has 2 fully saturated rings. The average Bonchev–Trinajstić information content (AvgIpc) is 2.82. The summed E-state index contributed by atoms with van der Waals surface area (Å²) >= 11 is 0. The second kappa shape index (κ2) is 11.2. The summed E-state index contributed by atoms with van der Waals surface area (Å²) in [5.41, 5.74) is 1.06. The summed E-state index contributed by atoms with van der Waals surface area (Å²) in [6.07, 6.45) is -0.0672. The first-order valence-electron chi connectivity index (χ1n) is 12.4. The minimum atomic E-state index is -0.617. The number of ether oxygens (including phenoxy) is 5. The van der Waals surface area contributed by atoms with Crippen LogP contribution in [-0.4, -0.2) is 37.9 Å². The van der Waals surface area contributed by atoms with Gasteiger partial charge in [0, 0.05) is 11.8 Å². The Hall–Kier alpha value is -1.63. The molecule has 0 aromatic heterocycles. The fraction of sp³-hybridized carbons (Fsp3) is 0.741. The summed E-state index contributed by atoms with van der Waals surface area (Å²) in [5.74, 6) is 2.26. The van der Waals surface area contributed by atoms with Gasteiger partial charge in [0.25, 0.3) is 0 Å². The molecule has 10 atom stereocenters. The van der Waals surface area contributed by atoms with Gasteiger partial charge in [-0.05, 0) is 47.8 Å². The quantitative estimate of drug-likeness (QED) is 0.504. The molecule has 2 aliphatic heterocycles. The fourth-order valence-corrected chi connectivity index (χ4v) is 5.04. The van der Waals surface area contributed by atoms with Gasteiger partial charge in [0.1, 0.15) is 5.75 Å². The third-order valence-electron chi connectivity index (χ3n) is 8.26. The molecule has 2 saturated heterocycles. The van der Waals surface area contributed by atoms with Crippen molar-refractivity contribution in [2.75, 3.05) is 7.11 Å². The standard InChI is InChI=1S/C27H42O6/c1-9-23-17(4)15(2)19(6)26(32-23)30-14-21-10-12-22(13-11-21)31-27-20(7)16(3)18(5)24(33-27)25(28)29-8/h10-13,15-20,23-24,26-27H,9,14H2,1-8H3/t15-,16-,17-,18-,19?,20?,23?,24?,26+,27+/m0/s1. The topological polar surface area (TPSA) is 63.2 Å². The van der Waals surface area contributed by atoms with Crippen molar-refractivity contribution in [3.63, 3.8) is 0 Å². The largest absolute Gasteiger partial charge is 0.467 e. The average molecular weight is 463 g/mol. The smallest absolute Gasteiger partial charge is 0.335 e. The molecular weight excluding hydrogens is 420 g/mol. The van der Waals surface area contributed by atoms with E-state index < -0.39 is 12.4 Å². The predicted molar refractivity (Wildman–Crippen MR) is 126 cm³/mol. The highest BCUT2D eigenvalue weighted by atomic mass is 16.7. The van der Waals surface area contributed by atoms with E-state index in [1.165, 1.54) is 7.11 Å². The molecule has 6 heteroatoms. The second-order valence-electron chi connectivity index (χ2n) is 10.1. The van der Waals surface area contributed by atoms with Gasteiger partial charge in [-0.15, -0.1) is 0 Å². The maximum Gasteiger partial charge on any atom is 0.335 e. The van der Waals surface area contributed by atoms with Crippen LogP contribution in [0.25, 0.3) is 0 Å². The van der Waals surface area contributed by atoms with Crippen molar-refractivity contribution >= 4 is 5.97 Å². The maximum absolute atomic E-state index is 12.1. The first kappa shape index (κ1) is 26.0. The molecule has 1 aromatic carbocycles. The Morgan fingerprint density at radius 1 is 0.818 bits per heavy atom. The number of hydrogen-bond acceptors (Lipinski definition) is 6. The Morgan fingerprint density at radius 2 is 1.42 bits per heavy atom. The SMILES string of the molecule is CCC1O[C@@H](OCc2ccc(O[C@@H]3OC(C(=O)OC)[C@@H](C)[C@H](C)C3C)cc2)C(C)[C@@H](C)[C@@H]1C. The summed E-state index contributed by atoms with van der Waals surface area (Å²) in [7, 11) is 1.39. The highest BCUT2D eigenvalue weighted by Crippen LogP contribution is 2.38. The fourth-order valence-electron chi connectivity index (χ4n) is 5.04. The van der Waals surface area contributed by atoms with Crippen molar-refractivity contribution in [1.82, 2.24) is 0 Å². The van der Waals surface area contributed by atoms with E-state index in [-0.39, 0.29) is 36.1 Å². The summed E-state index contributed by atoms with van der Waals surface area (Å²) in [6, 6.07) is 7.86. The summed E-state index contributed by atoms with van der Waals surface area (Å²) in [4.78, 5) is 12.1. The highest BCUT2D eigenvalue weighted by Gasteiger charge is 2.44. The minimum Gasteiger partial charge on any atom is -0.467 e. The van der Waals surface area contributed by atoms with Crippen LogP contribution in [0.5, 0.6) is 5.75 Å². The van der Waals surface area contributed by atoms with Gasteiger partial charge in [0.15, 0.2) is 12.4 Å². The normalized spacial score (nSPS) is 39.2. The van der Waals surface area contributed by atoms with Crippen molar-refractivity contribution in [3.8, 4) is 5.75 Å². The number of carbonyl (C=O) groups excluding carboxylic acids is 1. The number of methoxy groups -OCH3 is 1. The van der Waals surface area contributed by atoms with Crippen LogP contribution in [0.15, 0.2) is 24.3 Å². The molecule has 0 spiro atoms. The first-order chi connectivity index (χ1) is 15.7. The summed E-state index contributed by atoms with van der Waals surface area (Å²) < 4.78 is 29.5. The third kappa shape index (κ3) is 5.72. The lowest BCUT2D eigenvalue weighted by Crippen LogP contribution is -2.50. The molecule has 4 unspecified atom stereocenters. The predicted octanol–water partition coefficient (Wildman–Crippen LogP) is 5.43. The maximum atomic E-state index is 12.1. The van der Waals surface area contributed by atoms with Gasteiger partial charge in [-0.2, -0.15) is 0 Å². The molecule has 6 nitrogen and oxygen atoms in total. The molecule has 186 valence electrons. The number of hydrogen-bond donors (Lipinski definition) is 0. The van der Waals surface area contributed by atoms with E-state index in [1.807, 2.05) is 31.2 Å². The zero-order valence-electron chi connectivity index (χ0n) is 21.4. The van der Waals surface area contributed by atoms with Gasteiger partial charge in [0.2, 0.25) is 6.29 Å². The Morgan fingerprint density at radius 3 is 2.03 bits per heavy atom. The molecule has 33 heavy (non-hydrogen) atoms. The van der Waals surface area contributed by atoms with Crippen LogP contribution in [0.1, 0.15) is 60.5 Å². The molecule has 0 radical (unpaired) electrons. The molecule has 3 rings (SSSR count). The summed E-state index contributed by atoms with van der Waals surface area (Å²) in [6.45, 7) is 15.7. The molecule has 0 bridgehead atoms. The second-order valence-corrected chi connectivity index (χ2v) is 10.1. The van der Waals surface area contributed by atoms with Crippen LogP contribution < -0.4 is 4.74 Å². The van der Waals surface area contributed by atoms with Gasteiger partial charge in [-0.25, -0.2) is 4.79 Å². The lowest BCUT2D eigenvalue weighted by Gasteiger charge is -2.43. The lowest BCUT2D eigenvalue weighted by atomic mass is 9.78. The van der Waals surface area contributed by atoms with Crippen molar-refractivity contribution < 1.29 is 28.5 Å². The summed E-state index contributed by atoms with van der Waals surface area (Å²) in [5, 5.41) is 0. The molecule has 2 aliphatic rings. The number of esters is 1. The van der Waals surface area contributed by atoms with Crippen LogP contribution in [0.3, 0.4) is 0 Å². The van der Waals surface area contributed by atoms with Gasteiger partial charge in [0.05, 0.1) is 19.8 Å². The van der Waals surface area contributed by atoms with E-state index in [9.17, 15) is 4.79 Å². The van der Waals surface area contributed by atoms with Crippen LogP contribution >= 0.6 is 0 Å². The van der Waals surface area contributed by atoms with Gasteiger partial charge < -0.3 is 23.7 Å². The molecular formula is C27H42O6. The highest BCUT2D eigenvalue weighted by molar-refractivity contribution is 5.75. The van der Waals surface area contributed by atoms with E-state index >= 15 is 0 Å². The van der Waals surface area contributed by atoms with Crippen LogP contribution in [0, 0.1) is 35.5 Å². The zero-order chi connectivity index (χ0) is 24.3. The number of benzene rings is 1. The lowest BCUT2D eigenvalue weighted by molar-refractivity contribution is -0.252. The van der Waals surface area contributed by atoms with E-state index in [0.29, 0.717) is 30.1 Å². The number of carbonyl (C=O) groups is 1. The van der Waals surface area contributed by atoms with Gasteiger partial charge in [-0.1, -0.05) is 60.6 Å². The Bertz CT molecular complexity index is 762. The molecule has 0 aliphatic carbocycles. The van der Waals surface area contributed by atoms with E-state index in [2.05, 4.69) is 41.5 Å². The van der Waals surface area contributed by atoms with Crippen molar-refractivity contribution in [1.29, 1.82) is 0 Å². The minimum absolute atomic E-state index is 0.0641. The van der Waals surface area contributed by atoms with Crippen LogP contribution in [-0.2, 0) is 30.3 Å². The monoisotopic (exact) mass is 462 g/mol. The van der Waals surface area contributed by atoms with Crippen molar-refractivity contribution in [2.45, 2.75) is 86.3 Å². The van der Waals surface area contributed by atoms with Crippen LogP contribution in [0.2, 0.25) is 0 Å². The van der Waals surface area contributed by atoms with E-state index in [4.69, 9.17) is 23.7 Å². The Kier molecular flexibility index (Phi) is 8.82. The molecule has 1 aromatic rings. The molecule has 0 saturated carbocycles. The van der Waals surface area contributed by atoms with Crippen molar-refractivity contribution in [2.24, 2.45) is 35.5 Å². The number of rotatable bonds is 7. The van der Waals surface area contributed by atoms with Gasteiger partial charge in [-0.3, -0.25) is 0 Å². The first-order valence-corrected chi connectivity index (χ1v) is 12.4. The molecule has 0 amide bonds. The molecule has 2 heterocycles. The Labute approximate surface area is 199 Å². The van der Waals surface area contributed by atoms with E-state index in [0.717, 1.165) is 12.0 Å². The van der Waals surface area contributed by atoms with Gasteiger partial charge >= 0.3 is 5.97 Å². The zero-order valence-corrected chi connectivity index (χ0v) is 21.4.